The highest BCUT2D eigenvalue weighted by molar-refractivity contribution is 5.27. The van der Waals surface area contributed by atoms with Crippen LogP contribution in [0.3, 0.4) is 0 Å². The molecule has 1 N–H and O–H groups in total. The summed E-state index contributed by atoms with van der Waals surface area (Å²) < 4.78 is 11.4. The number of benzene rings is 1. The summed E-state index contributed by atoms with van der Waals surface area (Å²) in [6.07, 6.45) is 1.54. The van der Waals surface area contributed by atoms with Gasteiger partial charge in [-0.15, -0.1) is 10.2 Å². The molecule has 1 aromatic heterocycles. The minimum Gasteiger partial charge on any atom is -0.493 e. The number of aromatic nitrogens is 2. The van der Waals surface area contributed by atoms with E-state index < -0.39 is 0 Å². The van der Waals surface area contributed by atoms with Crippen molar-refractivity contribution < 1.29 is 9.15 Å². The fourth-order valence-electron chi connectivity index (χ4n) is 2.12. The molecule has 1 atom stereocenters. The van der Waals surface area contributed by atoms with E-state index in [2.05, 4.69) is 29.4 Å². The summed E-state index contributed by atoms with van der Waals surface area (Å²) in [7, 11) is 0. The molecule has 0 spiro atoms. The first-order valence-corrected chi connectivity index (χ1v) is 7.48. The second-order valence-corrected chi connectivity index (χ2v) is 4.97. The van der Waals surface area contributed by atoms with Gasteiger partial charge in [0.2, 0.25) is 11.8 Å². The quantitative estimate of drug-likeness (QED) is 0.809. The molecule has 2 rings (SSSR count). The zero-order chi connectivity index (χ0) is 15.1. The van der Waals surface area contributed by atoms with Crippen molar-refractivity contribution in [2.75, 3.05) is 13.2 Å². The number of aryl methyl sites for hydroxylation is 1. The summed E-state index contributed by atoms with van der Waals surface area (Å²) in [5.41, 5.74) is 1.18. The molecule has 0 bridgehead atoms. The normalized spacial score (nSPS) is 12.3. The van der Waals surface area contributed by atoms with Crippen molar-refractivity contribution >= 4 is 0 Å². The Morgan fingerprint density at radius 3 is 2.86 bits per heavy atom. The molecule has 0 amide bonds. The maximum absolute atomic E-state index is 5.69. The van der Waals surface area contributed by atoms with Crippen molar-refractivity contribution in [2.24, 2.45) is 0 Å². The van der Waals surface area contributed by atoms with Crippen LogP contribution in [0.5, 0.6) is 5.75 Å². The summed E-state index contributed by atoms with van der Waals surface area (Å²) in [4.78, 5) is 0. The molecule has 0 saturated heterocycles. The zero-order valence-corrected chi connectivity index (χ0v) is 12.9. The van der Waals surface area contributed by atoms with Gasteiger partial charge in [-0.1, -0.05) is 26.0 Å². The number of hydrogen-bond acceptors (Lipinski definition) is 5. The van der Waals surface area contributed by atoms with Crippen molar-refractivity contribution in [2.45, 2.75) is 39.7 Å². The Hall–Kier alpha value is -1.88. The van der Waals surface area contributed by atoms with Crippen molar-refractivity contribution in [1.82, 2.24) is 15.5 Å². The van der Waals surface area contributed by atoms with Gasteiger partial charge >= 0.3 is 0 Å². The van der Waals surface area contributed by atoms with E-state index in [-0.39, 0.29) is 6.04 Å². The lowest BCUT2D eigenvalue weighted by molar-refractivity contribution is 0.299. The Balaban J connectivity index is 1.85. The van der Waals surface area contributed by atoms with Gasteiger partial charge in [0, 0.05) is 0 Å². The molecule has 1 unspecified atom stereocenters. The van der Waals surface area contributed by atoms with Gasteiger partial charge in [0.15, 0.2) is 0 Å². The summed E-state index contributed by atoms with van der Waals surface area (Å²) >= 11 is 0. The van der Waals surface area contributed by atoms with Gasteiger partial charge in [0.05, 0.1) is 19.1 Å². The highest BCUT2D eigenvalue weighted by Gasteiger charge is 2.15. The highest BCUT2D eigenvalue weighted by Crippen LogP contribution is 2.16. The third-order valence-electron chi connectivity index (χ3n) is 3.21. The van der Waals surface area contributed by atoms with Gasteiger partial charge in [-0.2, -0.15) is 0 Å². The topological polar surface area (TPSA) is 60.2 Å². The molecular weight excluding hydrogens is 266 g/mol. The fraction of sp³-hybridized carbons (Fsp3) is 0.500. The molecule has 0 aliphatic carbocycles. The Bertz CT molecular complexity index is 554. The van der Waals surface area contributed by atoms with Crippen molar-refractivity contribution in [3.63, 3.8) is 0 Å². The minimum atomic E-state index is 0.133. The largest absolute Gasteiger partial charge is 0.493 e. The molecule has 0 radical (unpaired) electrons. The number of nitrogens with one attached hydrogen (secondary N) is 1. The Kier molecular flexibility index (Phi) is 5.75. The van der Waals surface area contributed by atoms with E-state index in [0.717, 1.165) is 18.7 Å². The number of ether oxygens (including phenoxy) is 1. The molecule has 0 aliphatic rings. The summed E-state index contributed by atoms with van der Waals surface area (Å²) in [6, 6.07) is 8.12. The molecule has 5 heteroatoms. The second-order valence-electron chi connectivity index (χ2n) is 4.97. The SMILES string of the molecule is CCNC(CC)c1nnc(CCOc2cccc(C)c2)o1. The molecule has 114 valence electrons. The van der Waals surface area contributed by atoms with Crippen LogP contribution in [0.4, 0.5) is 0 Å². The van der Waals surface area contributed by atoms with Gasteiger partial charge in [-0.3, -0.25) is 0 Å². The maximum Gasteiger partial charge on any atom is 0.233 e. The zero-order valence-electron chi connectivity index (χ0n) is 12.9. The minimum absolute atomic E-state index is 0.133. The van der Waals surface area contributed by atoms with Crippen LogP contribution in [0.15, 0.2) is 28.7 Å². The molecule has 5 nitrogen and oxygen atoms in total. The van der Waals surface area contributed by atoms with E-state index in [1.54, 1.807) is 0 Å². The number of nitrogens with zero attached hydrogens (tertiary/aromatic N) is 2. The van der Waals surface area contributed by atoms with Crippen LogP contribution in [0.25, 0.3) is 0 Å². The summed E-state index contributed by atoms with van der Waals surface area (Å²) in [5.74, 6) is 2.15. The van der Waals surface area contributed by atoms with Gasteiger partial charge in [0.25, 0.3) is 0 Å². The first kappa shape index (κ1) is 15.5. The van der Waals surface area contributed by atoms with Crippen LogP contribution in [-0.4, -0.2) is 23.3 Å². The molecule has 1 heterocycles. The highest BCUT2D eigenvalue weighted by atomic mass is 16.5. The Morgan fingerprint density at radius 1 is 1.29 bits per heavy atom. The van der Waals surface area contributed by atoms with E-state index in [9.17, 15) is 0 Å². The van der Waals surface area contributed by atoms with Crippen molar-refractivity contribution in [3.8, 4) is 5.75 Å². The third kappa shape index (κ3) is 4.56. The second kappa shape index (κ2) is 7.78. The first-order chi connectivity index (χ1) is 10.2. The summed E-state index contributed by atoms with van der Waals surface area (Å²) in [6.45, 7) is 7.62. The predicted octanol–water partition coefficient (Wildman–Crippen LogP) is 3.06. The maximum atomic E-state index is 5.69. The molecule has 2 aromatic rings. The van der Waals surface area contributed by atoms with Crippen LogP contribution < -0.4 is 10.1 Å². The molecule has 0 saturated carbocycles. The van der Waals surface area contributed by atoms with Gasteiger partial charge in [-0.25, -0.2) is 0 Å². The molecule has 21 heavy (non-hydrogen) atoms. The van der Waals surface area contributed by atoms with E-state index in [0.29, 0.717) is 24.8 Å². The third-order valence-corrected chi connectivity index (χ3v) is 3.21. The Morgan fingerprint density at radius 2 is 2.14 bits per heavy atom. The van der Waals surface area contributed by atoms with Crippen LogP contribution >= 0.6 is 0 Å². The molecule has 0 fully saturated rings. The van der Waals surface area contributed by atoms with Crippen LogP contribution in [0, 0.1) is 6.92 Å². The van der Waals surface area contributed by atoms with Crippen LogP contribution in [-0.2, 0) is 6.42 Å². The van der Waals surface area contributed by atoms with E-state index in [1.165, 1.54) is 5.56 Å². The monoisotopic (exact) mass is 289 g/mol. The standard InChI is InChI=1S/C16H23N3O2/c1-4-14(17-5-2)16-19-18-15(21-16)9-10-20-13-8-6-7-12(3)11-13/h6-8,11,14,17H,4-5,9-10H2,1-3H3. The van der Waals surface area contributed by atoms with Gasteiger partial charge in [0.1, 0.15) is 5.75 Å². The average Bonchev–Trinajstić information content (AvgIpc) is 2.93. The van der Waals surface area contributed by atoms with E-state index in [4.69, 9.17) is 9.15 Å². The predicted molar refractivity (Wildman–Crippen MR) is 81.4 cm³/mol. The van der Waals surface area contributed by atoms with Crippen molar-refractivity contribution in [1.29, 1.82) is 0 Å². The molecule has 0 aliphatic heterocycles. The lowest BCUT2D eigenvalue weighted by Crippen LogP contribution is -2.20. The lowest BCUT2D eigenvalue weighted by atomic mass is 10.2. The molecular formula is C16H23N3O2. The van der Waals surface area contributed by atoms with Crippen LogP contribution in [0.1, 0.15) is 43.7 Å². The lowest BCUT2D eigenvalue weighted by Gasteiger charge is -2.10. The van der Waals surface area contributed by atoms with Crippen LogP contribution in [0.2, 0.25) is 0 Å². The van der Waals surface area contributed by atoms with E-state index >= 15 is 0 Å². The average molecular weight is 289 g/mol. The number of hydrogen-bond donors (Lipinski definition) is 1. The van der Waals surface area contributed by atoms with Gasteiger partial charge < -0.3 is 14.5 Å². The summed E-state index contributed by atoms with van der Waals surface area (Å²) in [5, 5.41) is 11.5. The Labute approximate surface area is 125 Å². The number of rotatable bonds is 8. The fourth-order valence-corrected chi connectivity index (χ4v) is 2.12. The smallest absolute Gasteiger partial charge is 0.233 e. The first-order valence-electron chi connectivity index (χ1n) is 7.48. The van der Waals surface area contributed by atoms with E-state index in [1.807, 2.05) is 31.2 Å². The molecule has 1 aromatic carbocycles. The van der Waals surface area contributed by atoms with Gasteiger partial charge in [-0.05, 0) is 37.6 Å². The van der Waals surface area contributed by atoms with Crippen molar-refractivity contribution in [3.05, 3.63) is 41.6 Å².